The third kappa shape index (κ3) is 2.50. The second kappa shape index (κ2) is 5.88. The first kappa shape index (κ1) is 14.7. The molecule has 0 saturated heterocycles. The number of furan rings is 1. The number of benzene rings is 1. The molecular formula is C16H15NO4S. The highest BCUT2D eigenvalue weighted by molar-refractivity contribution is 7.99. The largest absolute Gasteiger partial charge is 0.465 e. The standard InChI is InChI=1S/C16H15NO4S/c1-10-9-22-14-6-4-3-5-12(14)17(10)15(18)13-7-11(8-21-13)16(19)20-2/h3-8,10H,9H2,1-2H3/t10-/m0/s1. The molecule has 1 aliphatic heterocycles. The van der Waals surface area contributed by atoms with Crippen LogP contribution in [0, 0.1) is 0 Å². The van der Waals surface area contributed by atoms with Crippen molar-refractivity contribution in [1.82, 2.24) is 0 Å². The van der Waals surface area contributed by atoms with E-state index in [2.05, 4.69) is 4.74 Å². The second-order valence-corrected chi connectivity index (χ2v) is 6.06. The number of ether oxygens (including phenoxy) is 1. The van der Waals surface area contributed by atoms with Crippen LogP contribution >= 0.6 is 11.8 Å². The number of nitrogens with zero attached hydrogens (tertiary/aromatic N) is 1. The lowest BCUT2D eigenvalue weighted by Crippen LogP contribution is -2.42. The number of rotatable bonds is 2. The first-order chi connectivity index (χ1) is 10.6. The maximum atomic E-state index is 12.8. The van der Waals surface area contributed by atoms with Crippen LogP contribution in [0.3, 0.4) is 0 Å². The van der Waals surface area contributed by atoms with Gasteiger partial charge in [-0.2, -0.15) is 0 Å². The summed E-state index contributed by atoms with van der Waals surface area (Å²) in [4.78, 5) is 27.0. The normalized spacial score (nSPS) is 17.0. The van der Waals surface area contributed by atoms with Gasteiger partial charge in [0, 0.05) is 22.8 Å². The van der Waals surface area contributed by atoms with E-state index in [0.717, 1.165) is 16.3 Å². The Bertz CT molecular complexity index is 724. The number of carbonyl (C=O) groups excluding carboxylic acids is 2. The van der Waals surface area contributed by atoms with E-state index in [1.165, 1.54) is 19.4 Å². The van der Waals surface area contributed by atoms with Gasteiger partial charge in [-0.3, -0.25) is 4.79 Å². The zero-order chi connectivity index (χ0) is 15.7. The molecule has 1 amide bonds. The van der Waals surface area contributed by atoms with Gasteiger partial charge in [-0.1, -0.05) is 12.1 Å². The highest BCUT2D eigenvalue weighted by Crippen LogP contribution is 2.38. The summed E-state index contributed by atoms with van der Waals surface area (Å²) in [6.45, 7) is 1.99. The van der Waals surface area contributed by atoms with E-state index < -0.39 is 5.97 Å². The third-order valence-corrected chi connectivity index (χ3v) is 4.80. The summed E-state index contributed by atoms with van der Waals surface area (Å²) in [6.07, 6.45) is 1.24. The van der Waals surface area contributed by atoms with Crippen molar-refractivity contribution in [3.8, 4) is 0 Å². The molecule has 1 aliphatic rings. The lowest BCUT2D eigenvalue weighted by Gasteiger charge is -2.34. The number of para-hydroxylation sites is 1. The van der Waals surface area contributed by atoms with Gasteiger partial charge in [0.05, 0.1) is 18.4 Å². The Morgan fingerprint density at radius 2 is 2.14 bits per heavy atom. The minimum Gasteiger partial charge on any atom is -0.465 e. The number of methoxy groups -OCH3 is 1. The molecule has 0 spiro atoms. The summed E-state index contributed by atoms with van der Waals surface area (Å²) in [7, 11) is 1.29. The van der Waals surface area contributed by atoms with Gasteiger partial charge in [-0.05, 0) is 19.1 Å². The van der Waals surface area contributed by atoms with Crippen molar-refractivity contribution >= 4 is 29.3 Å². The Hall–Kier alpha value is -2.21. The lowest BCUT2D eigenvalue weighted by molar-refractivity contribution is 0.0600. The van der Waals surface area contributed by atoms with Crippen LogP contribution in [-0.4, -0.2) is 30.8 Å². The third-order valence-electron chi connectivity index (χ3n) is 3.50. The fourth-order valence-electron chi connectivity index (χ4n) is 2.40. The predicted octanol–water partition coefficient (Wildman–Crippen LogP) is 3.21. The van der Waals surface area contributed by atoms with Gasteiger partial charge in [-0.25, -0.2) is 4.79 Å². The number of anilines is 1. The molecule has 2 aromatic rings. The molecule has 3 rings (SSSR count). The molecule has 1 aromatic carbocycles. The minimum absolute atomic E-state index is 0.0408. The molecule has 0 N–H and O–H groups in total. The van der Waals surface area contributed by atoms with Crippen LogP contribution in [0.15, 0.2) is 45.9 Å². The molecule has 114 valence electrons. The Morgan fingerprint density at radius 1 is 1.36 bits per heavy atom. The van der Waals surface area contributed by atoms with E-state index in [-0.39, 0.29) is 23.3 Å². The SMILES string of the molecule is COC(=O)c1coc(C(=O)N2c3ccccc3SC[C@@H]2C)c1. The van der Waals surface area contributed by atoms with Crippen molar-refractivity contribution in [3.05, 3.63) is 47.9 Å². The van der Waals surface area contributed by atoms with E-state index in [0.29, 0.717) is 0 Å². The van der Waals surface area contributed by atoms with E-state index in [4.69, 9.17) is 4.42 Å². The van der Waals surface area contributed by atoms with Crippen molar-refractivity contribution < 1.29 is 18.7 Å². The molecule has 0 bridgehead atoms. The van der Waals surface area contributed by atoms with Crippen LogP contribution in [0.2, 0.25) is 0 Å². The first-order valence-corrected chi connectivity index (χ1v) is 7.82. The summed E-state index contributed by atoms with van der Waals surface area (Å²) in [6, 6.07) is 9.23. The highest BCUT2D eigenvalue weighted by Gasteiger charge is 2.31. The van der Waals surface area contributed by atoms with Gasteiger partial charge in [0.1, 0.15) is 6.26 Å². The summed E-state index contributed by atoms with van der Waals surface area (Å²) in [5, 5.41) is 0. The topological polar surface area (TPSA) is 59.8 Å². The van der Waals surface area contributed by atoms with Crippen molar-refractivity contribution in [3.63, 3.8) is 0 Å². The number of thioether (sulfide) groups is 1. The number of fused-ring (bicyclic) bond motifs is 1. The Morgan fingerprint density at radius 3 is 2.91 bits per heavy atom. The lowest BCUT2D eigenvalue weighted by atomic mass is 10.2. The number of hydrogen-bond acceptors (Lipinski definition) is 5. The van der Waals surface area contributed by atoms with Gasteiger partial charge in [0.25, 0.3) is 5.91 Å². The number of hydrogen-bond donors (Lipinski definition) is 0. The number of esters is 1. The van der Waals surface area contributed by atoms with Crippen molar-refractivity contribution in [2.45, 2.75) is 17.9 Å². The van der Waals surface area contributed by atoms with E-state index >= 15 is 0 Å². The quantitative estimate of drug-likeness (QED) is 0.796. The molecule has 5 nitrogen and oxygen atoms in total. The predicted molar refractivity (Wildman–Crippen MR) is 83.5 cm³/mol. The monoisotopic (exact) mass is 317 g/mol. The van der Waals surface area contributed by atoms with Crippen LogP contribution in [0.4, 0.5) is 5.69 Å². The molecule has 0 saturated carbocycles. The maximum Gasteiger partial charge on any atom is 0.341 e. The number of carbonyl (C=O) groups is 2. The van der Waals surface area contributed by atoms with E-state index in [1.54, 1.807) is 16.7 Å². The molecule has 6 heteroatoms. The smallest absolute Gasteiger partial charge is 0.341 e. The Balaban J connectivity index is 1.95. The first-order valence-electron chi connectivity index (χ1n) is 6.84. The number of amides is 1. The van der Waals surface area contributed by atoms with Gasteiger partial charge in [0.2, 0.25) is 0 Å². The maximum absolute atomic E-state index is 12.8. The van der Waals surface area contributed by atoms with Crippen molar-refractivity contribution in [2.75, 3.05) is 17.8 Å². The average molecular weight is 317 g/mol. The zero-order valence-corrected chi connectivity index (χ0v) is 13.1. The molecule has 1 aromatic heterocycles. The second-order valence-electron chi connectivity index (χ2n) is 4.99. The van der Waals surface area contributed by atoms with E-state index in [1.807, 2.05) is 31.2 Å². The van der Waals surface area contributed by atoms with Crippen LogP contribution < -0.4 is 4.90 Å². The molecule has 1 atom stereocenters. The zero-order valence-electron chi connectivity index (χ0n) is 12.2. The van der Waals surface area contributed by atoms with Crippen LogP contribution in [-0.2, 0) is 4.74 Å². The van der Waals surface area contributed by atoms with Gasteiger partial charge < -0.3 is 14.1 Å². The van der Waals surface area contributed by atoms with Crippen LogP contribution in [0.1, 0.15) is 27.8 Å². The fourth-order valence-corrected chi connectivity index (χ4v) is 3.46. The van der Waals surface area contributed by atoms with Crippen molar-refractivity contribution in [1.29, 1.82) is 0 Å². The molecule has 0 aliphatic carbocycles. The summed E-state index contributed by atoms with van der Waals surface area (Å²) in [5.74, 6) is 0.169. The molecule has 0 unspecified atom stereocenters. The van der Waals surface area contributed by atoms with Crippen molar-refractivity contribution in [2.24, 2.45) is 0 Å². The van der Waals surface area contributed by atoms with E-state index in [9.17, 15) is 9.59 Å². The van der Waals surface area contributed by atoms with Gasteiger partial charge >= 0.3 is 5.97 Å². The van der Waals surface area contributed by atoms with Crippen LogP contribution in [0.5, 0.6) is 0 Å². The fraction of sp³-hybridized carbons (Fsp3) is 0.250. The minimum atomic E-state index is -0.523. The molecule has 2 heterocycles. The average Bonchev–Trinajstić information content (AvgIpc) is 3.03. The summed E-state index contributed by atoms with van der Waals surface area (Å²) < 4.78 is 9.89. The van der Waals surface area contributed by atoms with Gasteiger partial charge in [-0.15, -0.1) is 11.8 Å². The molecular weight excluding hydrogens is 302 g/mol. The Labute approximate surface area is 132 Å². The highest BCUT2D eigenvalue weighted by atomic mass is 32.2. The summed E-state index contributed by atoms with van der Waals surface area (Å²) in [5.41, 5.74) is 1.10. The summed E-state index contributed by atoms with van der Waals surface area (Å²) >= 11 is 1.73. The molecule has 0 radical (unpaired) electrons. The Kier molecular flexibility index (Phi) is 3.94. The van der Waals surface area contributed by atoms with Gasteiger partial charge in [0.15, 0.2) is 5.76 Å². The molecule has 22 heavy (non-hydrogen) atoms. The van der Waals surface area contributed by atoms with Crippen LogP contribution in [0.25, 0.3) is 0 Å². The molecule has 0 fully saturated rings.